The van der Waals surface area contributed by atoms with Crippen LogP contribution in [0.3, 0.4) is 0 Å². The molecule has 0 saturated heterocycles. The summed E-state index contributed by atoms with van der Waals surface area (Å²) >= 11 is 0. The van der Waals surface area contributed by atoms with Gasteiger partial charge < -0.3 is 5.73 Å². The second-order valence-corrected chi connectivity index (χ2v) is 7.55. The van der Waals surface area contributed by atoms with Crippen molar-refractivity contribution in [2.24, 2.45) is 17.1 Å². The molecule has 0 amide bonds. The van der Waals surface area contributed by atoms with Gasteiger partial charge in [0.2, 0.25) is 0 Å². The van der Waals surface area contributed by atoms with Crippen LogP contribution in [0.2, 0.25) is 0 Å². The minimum atomic E-state index is -2.84. The van der Waals surface area contributed by atoms with Gasteiger partial charge in [0.05, 0.1) is 5.75 Å². The van der Waals surface area contributed by atoms with Crippen LogP contribution in [0.5, 0.6) is 0 Å². The van der Waals surface area contributed by atoms with Crippen molar-refractivity contribution in [3.8, 4) is 0 Å². The SMILES string of the molecule is CC1CCCC(CN)(CCS(C)(=O)=O)C1. The molecule has 4 heteroatoms. The van der Waals surface area contributed by atoms with E-state index in [0.29, 0.717) is 12.5 Å². The number of hydrogen-bond acceptors (Lipinski definition) is 3. The molecule has 0 aromatic carbocycles. The van der Waals surface area contributed by atoms with E-state index >= 15 is 0 Å². The summed E-state index contributed by atoms with van der Waals surface area (Å²) in [5.41, 5.74) is 5.93. The molecule has 1 fully saturated rings. The lowest BCUT2D eigenvalue weighted by Crippen LogP contribution is -2.36. The summed E-state index contributed by atoms with van der Waals surface area (Å²) in [7, 11) is -2.84. The maximum atomic E-state index is 11.2. The normalized spacial score (nSPS) is 32.9. The Balaban J connectivity index is 2.60. The zero-order valence-corrected chi connectivity index (χ0v) is 10.6. The van der Waals surface area contributed by atoms with Crippen molar-refractivity contribution in [2.75, 3.05) is 18.6 Å². The van der Waals surface area contributed by atoms with Gasteiger partial charge in [0.1, 0.15) is 9.84 Å². The highest BCUT2D eigenvalue weighted by atomic mass is 32.2. The molecular formula is C11H23NO2S. The van der Waals surface area contributed by atoms with Gasteiger partial charge in [-0.1, -0.05) is 19.8 Å². The smallest absolute Gasteiger partial charge is 0.147 e. The van der Waals surface area contributed by atoms with E-state index in [0.717, 1.165) is 19.3 Å². The molecule has 0 heterocycles. The molecule has 2 atom stereocenters. The molecule has 0 radical (unpaired) electrons. The molecule has 0 aromatic heterocycles. The van der Waals surface area contributed by atoms with Crippen LogP contribution >= 0.6 is 0 Å². The van der Waals surface area contributed by atoms with Crippen molar-refractivity contribution in [2.45, 2.75) is 39.0 Å². The van der Waals surface area contributed by atoms with Crippen LogP contribution in [0.4, 0.5) is 0 Å². The highest BCUT2D eigenvalue weighted by Gasteiger charge is 2.34. The Morgan fingerprint density at radius 2 is 2.13 bits per heavy atom. The average molecular weight is 233 g/mol. The fourth-order valence-electron chi connectivity index (χ4n) is 2.69. The predicted octanol–water partition coefficient (Wildman–Crippen LogP) is 1.58. The first-order valence-electron chi connectivity index (χ1n) is 5.75. The molecular weight excluding hydrogens is 210 g/mol. The van der Waals surface area contributed by atoms with Crippen molar-refractivity contribution in [1.29, 1.82) is 0 Å². The van der Waals surface area contributed by atoms with Gasteiger partial charge in [-0.3, -0.25) is 0 Å². The molecule has 2 N–H and O–H groups in total. The first kappa shape index (κ1) is 13.0. The molecule has 3 nitrogen and oxygen atoms in total. The molecule has 1 aliphatic rings. The molecule has 1 saturated carbocycles. The van der Waals surface area contributed by atoms with Gasteiger partial charge in [-0.2, -0.15) is 0 Å². The van der Waals surface area contributed by atoms with Crippen LogP contribution in [0, 0.1) is 11.3 Å². The summed E-state index contributed by atoms with van der Waals surface area (Å²) in [6.07, 6.45) is 6.71. The lowest BCUT2D eigenvalue weighted by molar-refractivity contribution is 0.149. The lowest BCUT2D eigenvalue weighted by Gasteiger charge is -2.39. The van der Waals surface area contributed by atoms with Gasteiger partial charge in [0.15, 0.2) is 0 Å². The number of nitrogens with two attached hydrogens (primary N) is 1. The molecule has 15 heavy (non-hydrogen) atoms. The van der Waals surface area contributed by atoms with Crippen LogP contribution in [-0.4, -0.2) is 27.0 Å². The highest BCUT2D eigenvalue weighted by molar-refractivity contribution is 7.90. The molecule has 90 valence electrons. The Kier molecular flexibility index (Phi) is 4.18. The van der Waals surface area contributed by atoms with Crippen LogP contribution in [0.15, 0.2) is 0 Å². The van der Waals surface area contributed by atoms with Gasteiger partial charge in [-0.05, 0) is 37.1 Å². The summed E-state index contributed by atoms with van der Waals surface area (Å²) in [5, 5.41) is 0. The van der Waals surface area contributed by atoms with Crippen molar-refractivity contribution < 1.29 is 8.42 Å². The molecule has 0 aliphatic heterocycles. The third kappa shape index (κ3) is 4.11. The molecule has 0 spiro atoms. The number of hydrogen-bond donors (Lipinski definition) is 1. The first-order valence-corrected chi connectivity index (χ1v) is 7.81. The van der Waals surface area contributed by atoms with Crippen molar-refractivity contribution >= 4 is 9.84 Å². The third-order valence-corrected chi connectivity index (χ3v) is 4.57. The Labute approximate surface area is 93.3 Å². The molecule has 2 unspecified atom stereocenters. The van der Waals surface area contributed by atoms with E-state index in [9.17, 15) is 8.42 Å². The van der Waals surface area contributed by atoms with Gasteiger partial charge in [-0.15, -0.1) is 0 Å². The van der Waals surface area contributed by atoms with Crippen molar-refractivity contribution in [3.05, 3.63) is 0 Å². The topological polar surface area (TPSA) is 60.2 Å². The summed E-state index contributed by atoms with van der Waals surface area (Å²) in [5.74, 6) is 0.985. The van der Waals surface area contributed by atoms with Gasteiger partial charge in [0.25, 0.3) is 0 Å². The summed E-state index contributed by atoms with van der Waals surface area (Å²) < 4.78 is 22.3. The van der Waals surface area contributed by atoms with Crippen molar-refractivity contribution in [3.63, 3.8) is 0 Å². The third-order valence-electron chi connectivity index (χ3n) is 3.62. The van der Waals surface area contributed by atoms with Gasteiger partial charge >= 0.3 is 0 Å². The summed E-state index contributed by atoms with van der Waals surface area (Å²) in [4.78, 5) is 0. The van der Waals surface area contributed by atoms with Crippen molar-refractivity contribution in [1.82, 2.24) is 0 Å². The Morgan fingerprint density at radius 3 is 2.60 bits per heavy atom. The van der Waals surface area contributed by atoms with E-state index in [1.54, 1.807) is 0 Å². The van der Waals surface area contributed by atoms with E-state index in [1.165, 1.54) is 19.1 Å². The van der Waals surface area contributed by atoms with Gasteiger partial charge in [0, 0.05) is 6.26 Å². The van der Waals surface area contributed by atoms with Crippen LogP contribution < -0.4 is 5.73 Å². The monoisotopic (exact) mass is 233 g/mol. The van der Waals surface area contributed by atoms with E-state index in [1.807, 2.05) is 0 Å². The van der Waals surface area contributed by atoms with Crippen LogP contribution in [-0.2, 0) is 9.84 Å². The fourth-order valence-corrected chi connectivity index (χ4v) is 3.49. The number of sulfone groups is 1. The second-order valence-electron chi connectivity index (χ2n) is 5.29. The predicted molar refractivity (Wildman–Crippen MR) is 63.4 cm³/mol. The summed E-state index contributed by atoms with van der Waals surface area (Å²) in [6.45, 7) is 2.87. The minimum absolute atomic E-state index is 0.0980. The van der Waals surface area contributed by atoms with Crippen LogP contribution in [0.1, 0.15) is 39.0 Å². The van der Waals surface area contributed by atoms with E-state index in [4.69, 9.17) is 5.73 Å². The lowest BCUT2D eigenvalue weighted by atomic mass is 9.68. The second kappa shape index (κ2) is 4.83. The number of rotatable bonds is 4. The largest absolute Gasteiger partial charge is 0.330 e. The Morgan fingerprint density at radius 1 is 1.47 bits per heavy atom. The molecule has 1 aliphatic carbocycles. The molecule has 0 aromatic rings. The molecule has 0 bridgehead atoms. The Bertz CT molecular complexity index is 300. The van der Waals surface area contributed by atoms with E-state index in [-0.39, 0.29) is 11.2 Å². The first-order chi connectivity index (χ1) is 6.87. The van der Waals surface area contributed by atoms with Gasteiger partial charge in [-0.25, -0.2) is 8.42 Å². The maximum Gasteiger partial charge on any atom is 0.147 e. The zero-order chi connectivity index (χ0) is 11.5. The Hall–Kier alpha value is -0.0900. The average Bonchev–Trinajstić information content (AvgIpc) is 2.14. The van der Waals surface area contributed by atoms with Crippen LogP contribution in [0.25, 0.3) is 0 Å². The standard InChI is InChI=1S/C11H23NO2S/c1-10-4-3-5-11(8-10,9-12)6-7-15(2,13)14/h10H,3-9,12H2,1-2H3. The maximum absolute atomic E-state index is 11.2. The quantitative estimate of drug-likeness (QED) is 0.802. The van der Waals surface area contributed by atoms with E-state index < -0.39 is 9.84 Å². The highest BCUT2D eigenvalue weighted by Crippen LogP contribution is 2.41. The zero-order valence-electron chi connectivity index (χ0n) is 9.83. The summed E-state index contributed by atoms with van der Waals surface area (Å²) in [6, 6.07) is 0. The minimum Gasteiger partial charge on any atom is -0.330 e. The molecule has 1 rings (SSSR count). The fraction of sp³-hybridized carbons (Fsp3) is 1.00. The van der Waals surface area contributed by atoms with E-state index in [2.05, 4.69) is 6.92 Å².